The van der Waals surface area contributed by atoms with Crippen LogP contribution in [0.25, 0.3) is 5.57 Å². The summed E-state index contributed by atoms with van der Waals surface area (Å²) in [6, 6.07) is 9.92. The summed E-state index contributed by atoms with van der Waals surface area (Å²) in [6.45, 7) is 19.3. The van der Waals surface area contributed by atoms with Crippen LogP contribution in [0.1, 0.15) is 74.3 Å². The molecule has 0 N–H and O–H groups in total. The van der Waals surface area contributed by atoms with Gasteiger partial charge in [0.15, 0.2) is 11.6 Å². The van der Waals surface area contributed by atoms with Gasteiger partial charge in [-0.05, 0) is 70.1 Å². The average molecular weight is 457 g/mol. The summed E-state index contributed by atoms with van der Waals surface area (Å²) in [7, 11) is 0. The van der Waals surface area contributed by atoms with Gasteiger partial charge in [-0.15, -0.1) is 0 Å². The first-order valence-corrected chi connectivity index (χ1v) is 12.5. The van der Waals surface area contributed by atoms with Crippen LogP contribution in [0.4, 0.5) is 0 Å². The topological polar surface area (TPSA) is 34.1 Å². The van der Waals surface area contributed by atoms with Gasteiger partial charge in [0.2, 0.25) is 0 Å². The minimum Gasteiger partial charge on any atom is -0.289 e. The zero-order chi connectivity index (χ0) is 25.4. The van der Waals surface area contributed by atoms with Crippen molar-refractivity contribution in [3.63, 3.8) is 0 Å². The van der Waals surface area contributed by atoms with E-state index in [0.29, 0.717) is 0 Å². The van der Waals surface area contributed by atoms with Crippen molar-refractivity contribution in [2.24, 2.45) is 22.7 Å². The Hall–Kier alpha value is -2.74. The summed E-state index contributed by atoms with van der Waals surface area (Å²) in [4.78, 5) is 27.0. The summed E-state index contributed by atoms with van der Waals surface area (Å²) < 4.78 is 0. The van der Waals surface area contributed by atoms with E-state index in [1.807, 2.05) is 48.6 Å². The number of hydrogen-bond donors (Lipinski definition) is 0. The smallest absolute Gasteiger partial charge is 0.190 e. The second-order valence-electron chi connectivity index (χ2n) is 12.2. The molecule has 1 aromatic rings. The Kier molecular flexibility index (Phi) is 7.22. The van der Waals surface area contributed by atoms with Crippen molar-refractivity contribution in [2.45, 2.75) is 68.7 Å². The summed E-state index contributed by atoms with van der Waals surface area (Å²) in [6.07, 6.45) is 9.06. The second kappa shape index (κ2) is 9.49. The molecule has 0 amide bonds. The Labute approximate surface area is 206 Å². The van der Waals surface area contributed by atoms with E-state index in [1.54, 1.807) is 0 Å². The van der Waals surface area contributed by atoms with Gasteiger partial charge in [0, 0.05) is 22.3 Å². The van der Waals surface area contributed by atoms with Gasteiger partial charge >= 0.3 is 0 Å². The van der Waals surface area contributed by atoms with E-state index < -0.39 is 0 Å². The molecule has 0 fully saturated rings. The van der Waals surface area contributed by atoms with Crippen molar-refractivity contribution in [1.82, 2.24) is 0 Å². The first kappa shape index (κ1) is 25.9. The number of hydrogen-bond acceptors (Lipinski definition) is 2. The van der Waals surface area contributed by atoms with Crippen molar-refractivity contribution in [1.29, 1.82) is 0 Å². The highest BCUT2D eigenvalue weighted by Gasteiger charge is 2.36. The van der Waals surface area contributed by atoms with Crippen LogP contribution in [0.15, 0.2) is 82.5 Å². The molecule has 0 aromatic heterocycles. The summed E-state index contributed by atoms with van der Waals surface area (Å²) in [5, 5.41) is 0. The molecule has 0 bridgehead atoms. The Morgan fingerprint density at radius 3 is 1.65 bits per heavy atom. The first-order valence-electron chi connectivity index (χ1n) is 12.5. The van der Waals surface area contributed by atoms with Crippen LogP contribution in [0.3, 0.4) is 0 Å². The Bertz CT molecular complexity index is 1110. The van der Waals surface area contributed by atoms with Crippen LogP contribution in [0, 0.1) is 22.7 Å². The first-order chi connectivity index (χ1) is 15.7. The maximum Gasteiger partial charge on any atom is 0.190 e. The molecule has 0 unspecified atom stereocenters. The Morgan fingerprint density at radius 2 is 1.18 bits per heavy atom. The molecule has 0 saturated carbocycles. The van der Waals surface area contributed by atoms with Gasteiger partial charge in [0.25, 0.3) is 0 Å². The maximum atomic E-state index is 13.8. The number of allylic oxidation sites excluding steroid dienone is 10. The maximum absolute atomic E-state index is 13.8. The third kappa shape index (κ3) is 5.49. The minimum absolute atomic E-state index is 0.0820. The van der Waals surface area contributed by atoms with E-state index in [9.17, 15) is 9.59 Å². The lowest BCUT2D eigenvalue weighted by Gasteiger charge is -2.36. The fourth-order valence-corrected chi connectivity index (χ4v) is 5.25. The van der Waals surface area contributed by atoms with Crippen molar-refractivity contribution < 1.29 is 9.59 Å². The number of benzene rings is 1. The van der Waals surface area contributed by atoms with E-state index in [1.165, 1.54) is 0 Å². The highest BCUT2D eigenvalue weighted by molar-refractivity contribution is 6.31. The highest BCUT2D eigenvalue weighted by Crippen LogP contribution is 2.44. The molecule has 3 rings (SSSR count). The predicted octanol–water partition coefficient (Wildman–Crippen LogP) is 8.09. The predicted molar refractivity (Wildman–Crippen MR) is 143 cm³/mol. The van der Waals surface area contributed by atoms with E-state index >= 15 is 0 Å². The van der Waals surface area contributed by atoms with Gasteiger partial charge in [-0.25, -0.2) is 0 Å². The highest BCUT2D eigenvalue weighted by atomic mass is 16.1. The van der Waals surface area contributed by atoms with Gasteiger partial charge in [0.1, 0.15) is 0 Å². The summed E-state index contributed by atoms with van der Waals surface area (Å²) in [5.41, 5.74) is 5.95. The molecule has 2 aliphatic rings. The van der Waals surface area contributed by atoms with Gasteiger partial charge in [-0.1, -0.05) is 92.6 Å². The molecule has 0 saturated heterocycles. The van der Waals surface area contributed by atoms with Crippen molar-refractivity contribution in [3.05, 3.63) is 88.1 Å². The molecule has 2 nitrogen and oxygen atoms in total. The van der Waals surface area contributed by atoms with Gasteiger partial charge in [-0.3, -0.25) is 9.59 Å². The number of carbonyl (C=O) groups is 2. The zero-order valence-corrected chi connectivity index (χ0v) is 22.4. The third-order valence-corrected chi connectivity index (χ3v) is 6.60. The molecule has 2 heteroatoms. The minimum atomic E-state index is -0.297. The fraction of sp³-hybridized carbons (Fsp3) is 0.438. The molecular weight excluding hydrogens is 416 g/mol. The standard InChI is InChI=1S/C32H40O2/c1-20(2)25-15-23(16-26(21(3)4)29(25)33)24-17-27(22-13-11-10-12-14-22)30(34)28(18-24)32(8,9)19-31(5,6)7/h10-18,20-21H,19H2,1-9H3. The molecule has 34 heavy (non-hydrogen) atoms. The molecule has 2 aliphatic carbocycles. The van der Waals surface area contributed by atoms with Gasteiger partial charge in [0.05, 0.1) is 0 Å². The quantitative estimate of drug-likeness (QED) is 0.449. The normalized spacial score (nSPS) is 17.7. The van der Waals surface area contributed by atoms with Crippen molar-refractivity contribution >= 4 is 17.1 Å². The molecule has 0 spiro atoms. The van der Waals surface area contributed by atoms with Crippen LogP contribution in [0.2, 0.25) is 0 Å². The van der Waals surface area contributed by atoms with E-state index in [2.05, 4.69) is 68.4 Å². The van der Waals surface area contributed by atoms with Crippen LogP contribution >= 0.6 is 0 Å². The van der Waals surface area contributed by atoms with Crippen LogP contribution in [-0.2, 0) is 9.59 Å². The monoisotopic (exact) mass is 456 g/mol. The van der Waals surface area contributed by atoms with Crippen LogP contribution in [-0.4, -0.2) is 11.6 Å². The number of Topliss-reactive ketones (excluding diaryl/α,β-unsaturated/α-hetero) is 2. The molecule has 180 valence electrons. The number of ketones is 2. The van der Waals surface area contributed by atoms with Crippen LogP contribution in [0.5, 0.6) is 0 Å². The zero-order valence-electron chi connectivity index (χ0n) is 22.4. The average Bonchev–Trinajstić information content (AvgIpc) is 2.72. The Morgan fingerprint density at radius 1 is 0.676 bits per heavy atom. The molecular formula is C32H40O2. The van der Waals surface area contributed by atoms with E-state index in [0.717, 1.165) is 45.4 Å². The molecule has 1 aromatic carbocycles. The molecule has 0 aliphatic heterocycles. The third-order valence-electron chi connectivity index (χ3n) is 6.60. The molecule has 0 heterocycles. The largest absolute Gasteiger partial charge is 0.289 e. The lowest BCUT2D eigenvalue weighted by molar-refractivity contribution is -0.113. The summed E-state index contributed by atoms with van der Waals surface area (Å²) in [5.74, 6) is 0.506. The molecule has 0 atom stereocenters. The lowest BCUT2D eigenvalue weighted by atomic mass is 9.67. The SMILES string of the molecule is CC(C)C1=CC(=C2C=C(c3ccccc3)C(=O)C(C(C)(C)CC(C)(C)C)=C2)C=C(C(C)C)C1=O. The van der Waals surface area contributed by atoms with Gasteiger partial charge in [-0.2, -0.15) is 0 Å². The molecule has 0 radical (unpaired) electrons. The van der Waals surface area contributed by atoms with Crippen molar-refractivity contribution in [2.75, 3.05) is 0 Å². The van der Waals surface area contributed by atoms with E-state index in [-0.39, 0.29) is 34.2 Å². The van der Waals surface area contributed by atoms with Gasteiger partial charge < -0.3 is 0 Å². The number of rotatable bonds is 5. The summed E-state index contributed by atoms with van der Waals surface area (Å²) >= 11 is 0. The second-order valence-corrected chi connectivity index (χ2v) is 12.2. The Balaban J connectivity index is 2.30. The number of carbonyl (C=O) groups excluding carboxylic acids is 2. The fourth-order valence-electron chi connectivity index (χ4n) is 5.25. The van der Waals surface area contributed by atoms with Crippen molar-refractivity contribution in [3.8, 4) is 0 Å². The lowest BCUT2D eigenvalue weighted by Crippen LogP contribution is -2.29. The van der Waals surface area contributed by atoms with Crippen LogP contribution < -0.4 is 0 Å². The van der Waals surface area contributed by atoms with E-state index in [4.69, 9.17) is 0 Å².